The van der Waals surface area contributed by atoms with Gasteiger partial charge in [-0.2, -0.15) is 0 Å². The summed E-state index contributed by atoms with van der Waals surface area (Å²) < 4.78 is 17.7. The van der Waals surface area contributed by atoms with Gasteiger partial charge in [0.25, 0.3) is 0 Å². The minimum Gasteiger partial charge on any atom is -0.465 e. The normalized spacial score (nSPS) is 10.5. The van der Waals surface area contributed by atoms with Crippen LogP contribution in [-0.4, -0.2) is 43.4 Å². The Bertz CT molecular complexity index is 863. The maximum absolute atomic E-state index is 13.1. The lowest BCUT2D eigenvalue weighted by atomic mass is 10.1. The van der Waals surface area contributed by atoms with Crippen LogP contribution in [0.15, 0.2) is 54.6 Å². The number of nitrogens with one attached hydrogen (secondary N) is 1. The highest BCUT2D eigenvalue weighted by Crippen LogP contribution is 2.10. The molecule has 2 aromatic carbocycles. The molecule has 0 aliphatic rings. The Morgan fingerprint density at radius 3 is 2.48 bits per heavy atom. The van der Waals surface area contributed by atoms with E-state index in [1.165, 1.54) is 43.3 Å². The smallest absolute Gasteiger partial charge is 0.337 e. The molecule has 7 heteroatoms. The summed E-state index contributed by atoms with van der Waals surface area (Å²) in [4.78, 5) is 36.7. The van der Waals surface area contributed by atoms with Gasteiger partial charge in [-0.15, -0.1) is 0 Å². The standard InChI is InChI=1S/C20H19FN2O4/c1-23(13-18(24)22-17-5-3-4-16(21)12-17)19(25)11-8-14-6-9-15(10-7-14)20(26)27-2/h3-12H,13H2,1-2H3,(H,22,24)/b11-8+. The Kier molecular flexibility index (Phi) is 6.82. The fraction of sp³-hybridized carbons (Fsp3) is 0.150. The van der Waals surface area contributed by atoms with Gasteiger partial charge < -0.3 is 15.0 Å². The Morgan fingerprint density at radius 2 is 1.85 bits per heavy atom. The predicted octanol–water partition coefficient (Wildman–Crippen LogP) is 2.72. The van der Waals surface area contributed by atoms with Gasteiger partial charge in [-0.1, -0.05) is 18.2 Å². The zero-order chi connectivity index (χ0) is 19.8. The molecule has 0 aromatic heterocycles. The first-order valence-corrected chi connectivity index (χ1v) is 8.06. The van der Waals surface area contributed by atoms with Crippen molar-refractivity contribution in [3.05, 3.63) is 71.6 Å². The van der Waals surface area contributed by atoms with Gasteiger partial charge in [-0.3, -0.25) is 9.59 Å². The van der Waals surface area contributed by atoms with E-state index in [1.54, 1.807) is 36.4 Å². The molecular formula is C20H19FN2O4. The number of carbonyl (C=O) groups excluding carboxylic acids is 3. The molecule has 0 aliphatic heterocycles. The number of halogens is 1. The van der Waals surface area contributed by atoms with Crippen LogP contribution in [0.25, 0.3) is 6.08 Å². The Balaban J connectivity index is 1.89. The van der Waals surface area contributed by atoms with Gasteiger partial charge in [0.15, 0.2) is 0 Å². The van der Waals surface area contributed by atoms with Crippen molar-refractivity contribution in [3.8, 4) is 0 Å². The molecule has 0 radical (unpaired) electrons. The van der Waals surface area contributed by atoms with Crippen molar-refractivity contribution in [1.29, 1.82) is 0 Å². The number of hydrogen-bond donors (Lipinski definition) is 1. The third-order valence-electron chi connectivity index (χ3n) is 3.62. The number of esters is 1. The second-order valence-electron chi connectivity index (χ2n) is 5.70. The molecule has 0 spiro atoms. The summed E-state index contributed by atoms with van der Waals surface area (Å²) >= 11 is 0. The predicted molar refractivity (Wildman–Crippen MR) is 99.5 cm³/mol. The third kappa shape index (κ3) is 6.07. The summed E-state index contributed by atoms with van der Waals surface area (Å²) in [6.07, 6.45) is 2.90. The SMILES string of the molecule is COC(=O)c1ccc(/C=C/C(=O)N(C)CC(=O)Nc2cccc(F)c2)cc1. The molecule has 140 valence electrons. The van der Waals surface area contributed by atoms with Crippen LogP contribution in [0.1, 0.15) is 15.9 Å². The molecule has 0 aliphatic carbocycles. The first kappa shape index (κ1) is 19.8. The van der Waals surface area contributed by atoms with Crippen molar-refractivity contribution >= 4 is 29.5 Å². The van der Waals surface area contributed by atoms with Crippen LogP contribution in [0.3, 0.4) is 0 Å². The maximum atomic E-state index is 13.1. The largest absolute Gasteiger partial charge is 0.465 e. The van der Waals surface area contributed by atoms with Crippen LogP contribution in [0.5, 0.6) is 0 Å². The van der Waals surface area contributed by atoms with Gasteiger partial charge in [-0.05, 0) is 42.0 Å². The van der Waals surface area contributed by atoms with Crippen LogP contribution in [0.2, 0.25) is 0 Å². The van der Waals surface area contributed by atoms with E-state index in [4.69, 9.17) is 0 Å². The van der Waals surface area contributed by atoms with E-state index < -0.39 is 17.7 Å². The highest BCUT2D eigenvalue weighted by atomic mass is 19.1. The van der Waals surface area contributed by atoms with Crippen LogP contribution in [0.4, 0.5) is 10.1 Å². The van der Waals surface area contributed by atoms with E-state index in [2.05, 4.69) is 10.1 Å². The Hall–Kier alpha value is -3.48. The van der Waals surface area contributed by atoms with Crippen molar-refractivity contribution < 1.29 is 23.5 Å². The molecule has 0 fully saturated rings. The van der Waals surface area contributed by atoms with E-state index in [-0.39, 0.29) is 12.5 Å². The van der Waals surface area contributed by atoms with Gasteiger partial charge in [0.2, 0.25) is 11.8 Å². The number of nitrogens with zero attached hydrogens (tertiary/aromatic N) is 1. The second-order valence-corrected chi connectivity index (χ2v) is 5.70. The molecule has 0 saturated heterocycles. The molecule has 2 amide bonds. The van der Waals surface area contributed by atoms with Gasteiger partial charge in [0, 0.05) is 18.8 Å². The lowest BCUT2D eigenvalue weighted by molar-refractivity contribution is -0.129. The van der Waals surface area contributed by atoms with Gasteiger partial charge in [0.1, 0.15) is 5.82 Å². The number of rotatable bonds is 6. The van der Waals surface area contributed by atoms with Crippen molar-refractivity contribution in [1.82, 2.24) is 4.90 Å². The number of ether oxygens (including phenoxy) is 1. The zero-order valence-corrected chi connectivity index (χ0v) is 14.9. The van der Waals surface area contributed by atoms with Crippen LogP contribution in [0, 0.1) is 5.82 Å². The molecule has 6 nitrogen and oxygen atoms in total. The number of amides is 2. The molecular weight excluding hydrogens is 351 g/mol. The van der Waals surface area contributed by atoms with Crippen LogP contribution in [-0.2, 0) is 14.3 Å². The minimum absolute atomic E-state index is 0.180. The van der Waals surface area contributed by atoms with E-state index >= 15 is 0 Å². The van der Waals surface area contributed by atoms with E-state index in [0.717, 1.165) is 0 Å². The molecule has 27 heavy (non-hydrogen) atoms. The van der Waals surface area contributed by atoms with E-state index in [1.807, 2.05) is 0 Å². The van der Waals surface area contributed by atoms with E-state index in [0.29, 0.717) is 16.8 Å². The molecule has 1 N–H and O–H groups in total. The van der Waals surface area contributed by atoms with Crippen molar-refractivity contribution in [2.24, 2.45) is 0 Å². The lowest BCUT2D eigenvalue weighted by Crippen LogP contribution is -2.33. The van der Waals surface area contributed by atoms with Gasteiger partial charge >= 0.3 is 5.97 Å². The molecule has 2 aromatic rings. The molecule has 0 atom stereocenters. The summed E-state index contributed by atoms with van der Waals surface area (Å²) in [7, 11) is 2.78. The van der Waals surface area contributed by atoms with Crippen LogP contribution >= 0.6 is 0 Å². The van der Waals surface area contributed by atoms with Crippen molar-refractivity contribution in [3.63, 3.8) is 0 Å². The summed E-state index contributed by atoms with van der Waals surface area (Å²) in [5.41, 5.74) is 1.45. The zero-order valence-electron chi connectivity index (χ0n) is 14.9. The monoisotopic (exact) mass is 370 g/mol. The van der Waals surface area contributed by atoms with Gasteiger partial charge in [-0.25, -0.2) is 9.18 Å². The third-order valence-corrected chi connectivity index (χ3v) is 3.62. The highest BCUT2D eigenvalue weighted by Gasteiger charge is 2.11. The first-order valence-electron chi connectivity index (χ1n) is 8.06. The average Bonchev–Trinajstić information content (AvgIpc) is 2.65. The van der Waals surface area contributed by atoms with E-state index in [9.17, 15) is 18.8 Å². The molecule has 0 unspecified atom stereocenters. The number of benzene rings is 2. The molecule has 0 bridgehead atoms. The number of hydrogen-bond acceptors (Lipinski definition) is 4. The average molecular weight is 370 g/mol. The topological polar surface area (TPSA) is 75.7 Å². The number of carbonyl (C=O) groups is 3. The number of likely N-dealkylation sites (N-methyl/N-ethyl adjacent to an activating group) is 1. The molecule has 2 rings (SSSR count). The summed E-state index contributed by atoms with van der Waals surface area (Å²) in [6, 6.07) is 12.0. The number of anilines is 1. The van der Waals surface area contributed by atoms with Crippen LogP contribution < -0.4 is 5.32 Å². The Labute approximate surface area is 156 Å². The fourth-order valence-electron chi connectivity index (χ4n) is 2.20. The van der Waals surface area contributed by atoms with Crippen molar-refractivity contribution in [2.75, 3.05) is 26.0 Å². The molecule has 0 saturated carbocycles. The number of methoxy groups -OCH3 is 1. The second kappa shape index (κ2) is 9.28. The highest BCUT2D eigenvalue weighted by molar-refractivity contribution is 5.98. The van der Waals surface area contributed by atoms with Gasteiger partial charge in [0.05, 0.1) is 19.2 Å². The summed E-state index contributed by atoms with van der Waals surface area (Å²) in [5.74, 6) is -1.71. The fourth-order valence-corrected chi connectivity index (χ4v) is 2.20. The Morgan fingerprint density at radius 1 is 1.15 bits per heavy atom. The minimum atomic E-state index is -0.460. The molecule has 0 heterocycles. The summed E-state index contributed by atoms with van der Waals surface area (Å²) in [6.45, 7) is -0.180. The maximum Gasteiger partial charge on any atom is 0.337 e. The van der Waals surface area contributed by atoms with Crippen molar-refractivity contribution in [2.45, 2.75) is 0 Å². The lowest BCUT2D eigenvalue weighted by Gasteiger charge is -2.14. The quantitative estimate of drug-likeness (QED) is 0.627. The first-order chi connectivity index (χ1) is 12.9. The summed E-state index contributed by atoms with van der Waals surface area (Å²) in [5, 5.41) is 2.52.